The molecule has 0 aliphatic rings. The Bertz CT molecular complexity index is 346. The summed E-state index contributed by atoms with van der Waals surface area (Å²) in [5.41, 5.74) is 6.35. The fourth-order valence-electron chi connectivity index (χ4n) is 0.971. The van der Waals surface area contributed by atoms with Gasteiger partial charge in [0, 0.05) is 11.4 Å². The van der Waals surface area contributed by atoms with Crippen molar-refractivity contribution in [2.24, 2.45) is 0 Å². The predicted octanol–water partition coefficient (Wildman–Crippen LogP) is 1.09. The Labute approximate surface area is 101 Å². The minimum atomic E-state index is -0.209. The van der Waals surface area contributed by atoms with E-state index in [-0.39, 0.29) is 10.8 Å². The van der Waals surface area contributed by atoms with Crippen molar-refractivity contribution in [3.63, 3.8) is 0 Å². The Hall–Kier alpha value is -0.595. The monoisotopic (exact) mass is 238 g/mol. The quantitative estimate of drug-likeness (QED) is 0.630. The number of aromatic nitrogens is 1. The van der Waals surface area contributed by atoms with Gasteiger partial charge in [-0.15, -0.1) is 9.24 Å². The predicted molar refractivity (Wildman–Crippen MR) is 74.4 cm³/mol. The molecule has 0 amide bonds. The van der Waals surface area contributed by atoms with Gasteiger partial charge in [-0.3, -0.25) is 0 Å². The van der Waals surface area contributed by atoms with Crippen LogP contribution in [0.1, 0.15) is 27.7 Å². The molecule has 16 heavy (non-hydrogen) atoms. The van der Waals surface area contributed by atoms with E-state index in [4.69, 9.17) is 10.4 Å². The first-order valence-corrected chi connectivity index (χ1v) is 5.93. The van der Waals surface area contributed by atoms with Crippen molar-refractivity contribution in [2.45, 2.75) is 38.5 Å². The van der Waals surface area contributed by atoms with Crippen molar-refractivity contribution < 1.29 is 4.65 Å². The lowest BCUT2D eigenvalue weighted by Gasteiger charge is -2.39. The average molecular weight is 238 g/mol. The van der Waals surface area contributed by atoms with Crippen LogP contribution in [0.4, 0.5) is 5.82 Å². The molecule has 0 aliphatic heterocycles. The molecular formula is C11H20BN2OP. The van der Waals surface area contributed by atoms with E-state index in [1.165, 1.54) is 0 Å². The van der Waals surface area contributed by atoms with Gasteiger partial charge in [-0.1, -0.05) is 19.9 Å². The first-order chi connectivity index (χ1) is 7.22. The van der Waals surface area contributed by atoms with Crippen LogP contribution < -0.4 is 11.2 Å². The summed E-state index contributed by atoms with van der Waals surface area (Å²) < 4.78 is 5.92. The molecule has 0 aliphatic carbocycles. The van der Waals surface area contributed by atoms with Gasteiger partial charge in [0.2, 0.25) is 0 Å². The van der Waals surface area contributed by atoms with E-state index in [9.17, 15) is 0 Å². The van der Waals surface area contributed by atoms with Gasteiger partial charge in [0.25, 0.3) is 0 Å². The number of rotatable bonds is 4. The summed E-state index contributed by atoms with van der Waals surface area (Å²) in [5, 5.41) is 0.0221. The number of nitrogens with two attached hydrogens (primary N) is 1. The molecule has 3 nitrogen and oxygen atoms in total. The van der Waals surface area contributed by atoms with E-state index in [1.807, 2.05) is 6.07 Å². The third-order valence-corrected chi connectivity index (χ3v) is 3.69. The van der Waals surface area contributed by atoms with E-state index in [0.717, 1.165) is 5.46 Å². The fraction of sp³-hybridized carbons (Fsp3) is 0.545. The van der Waals surface area contributed by atoms with Crippen molar-refractivity contribution in [2.75, 3.05) is 5.73 Å². The number of nitrogens with zero attached hydrogens (tertiary/aromatic N) is 1. The van der Waals surface area contributed by atoms with E-state index in [0.29, 0.717) is 13.3 Å². The minimum absolute atomic E-state index is 0.0221. The van der Waals surface area contributed by atoms with Crippen LogP contribution in [0.3, 0.4) is 0 Å². The van der Waals surface area contributed by atoms with Crippen LogP contribution >= 0.6 is 9.24 Å². The standard InChI is InChI=1S/C11H20BN2OP/c1-10(2,11(3,4)16)15-12-8-5-6-9(13)14-7-8/h5-7,12H,16H2,1-4H3,(H2,13,14). The number of nitrogen functional groups attached to an aromatic ring is 1. The zero-order chi connectivity index (χ0) is 12.4. The third kappa shape index (κ3) is 3.46. The van der Waals surface area contributed by atoms with Gasteiger partial charge in [0.1, 0.15) is 5.82 Å². The van der Waals surface area contributed by atoms with Gasteiger partial charge in [-0.05, 0) is 25.4 Å². The molecule has 1 aromatic rings. The molecule has 1 rings (SSSR count). The number of hydrogen-bond donors (Lipinski definition) is 1. The molecule has 0 saturated carbocycles. The topological polar surface area (TPSA) is 48.1 Å². The van der Waals surface area contributed by atoms with E-state index in [1.54, 1.807) is 12.3 Å². The second kappa shape index (κ2) is 4.73. The normalized spacial score (nSPS) is 12.6. The Morgan fingerprint density at radius 2 is 1.94 bits per heavy atom. The molecule has 0 spiro atoms. The number of pyridine rings is 1. The summed E-state index contributed by atoms with van der Waals surface area (Å²) in [6, 6.07) is 3.73. The molecule has 5 heteroatoms. The molecule has 0 fully saturated rings. The second-order valence-electron chi connectivity index (χ2n) is 5.11. The highest BCUT2D eigenvalue weighted by Crippen LogP contribution is 2.32. The molecule has 2 N–H and O–H groups in total. The van der Waals surface area contributed by atoms with Crippen molar-refractivity contribution in [3.05, 3.63) is 18.3 Å². The van der Waals surface area contributed by atoms with E-state index in [2.05, 4.69) is 41.9 Å². The molecule has 1 atom stereocenters. The smallest absolute Gasteiger partial charge is 0.310 e. The first-order valence-electron chi connectivity index (χ1n) is 5.35. The Morgan fingerprint density at radius 3 is 2.38 bits per heavy atom. The molecule has 1 unspecified atom stereocenters. The number of anilines is 1. The Balaban J connectivity index is 2.61. The summed E-state index contributed by atoms with van der Waals surface area (Å²) >= 11 is 0. The van der Waals surface area contributed by atoms with E-state index >= 15 is 0 Å². The average Bonchev–Trinajstić information content (AvgIpc) is 2.15. The Morgan fingerprint density at radius 1 is 1.31 bits per heavy atom. The van der Waals surface area contributed by atoms with Crippen LogP contribution in [0.5, 0.6) is 0 Å². The zero-order valence-corrected chi connectivity index (χ0v) is 11.6. The fourth-order valence-corrected chi connectivity index (χ4v) is 1.05. The van der Waals surface area contributed by atoms with Crippen molar-refractivity contribution in [1.29, 1.82) is 0 Å². The largest absolute Gasteiger partial charge is 0.429 e. The van der Waals surface area contributed by atoms with Gasteiger partial charge in [-0.2, -0.15) is 0 Å². The lowest BCUT2D eigenvalue weighted by atomic mass is 9.85. The minimum Gasteiger partial charge on any atom is -0.429 e. The molecule has 1 heterocycles. The SMILES string of the molecule is CC(C)(P)C(C)(C)OBc1ccc(N)nc1. The van der Waals surface area contributed by atoms with Crippen LogP contribution in [0, 0.1) is 0 Å². The maximum atomic E-state index is 5.92. The summed E-state index contributed by atoms with van der Waals surface area (Å²) in [6.07, 6.45) is 1.75. The lowest BCUT2D eigenvalue weighted by Crippen LogP contribution is -2.45. The highest BCUT2D eigenvalue weighted by Gasteiger charge is 2.33. The van der Waals surface area contributed by atoms with E-state index < -0.39 is 0 Å². The summed E-state index contributed by atoms with van der Waals surface area (Å²) in [7, 11) is 3.37. The molecular weight excluding hydrogens is 218 g/mol. The molecule has 0 aromatic carbocycles. The third-order valence-electron chi connectivity index (χ3n) is 3.00. The number of hydrogen-bond acceptors (Lipinski definition) is 3. The summed E-state index contributed by atoms with van der Waals surface area (Å²) in [6.45, 7) is 8.45. The van der Waals surface area contributed by atoms with Gasteiger partial charge in [-0.25, -0.2) is 4.98 Å². The maximum Gasteiger partial charge on any atom is 0.310 e. The van der Waals surface area contributed by atoms with Crippen LogP contribution in [0.25, 0.3) is 0 Å². The molecule has 88 valence electrons. The maximum absolute atomic E-state index is 5.92. The summed E-state index contributed by atoms with van der Waals surface area (Å²) in [4.78, 5) is 4.03. The first kappa shape index (κ1) is 13.5. The van der Waals surface area contributed by atoms with Crippen molar-refractivity contribution in [3.8, 4) is 0 Å². The van der Waals surface area contributed by atoms with Gasteiger partial charge in [0.05, 0.1) is 5.60 Å². The van der Waals surface area contributed by atoms with Gasteiger partial charge < -0.3 is 10.4 Å². The van der Waals surface area contributed by atoms with Crippen molar-refractivity contribution >= 4 is 28.0 Å². The molecule has 0 radical (unpaired) electrons. The highest BCUT2D eigenvalue weighted by atomic mass is 31.0. The molecule has 1 aromatic heterocycles. The van der Waals surface area contributed by atoms with Crippen LogP contribution in [-0.4, -0.2) is 23.2 Å². The zero-order valence-electron chi connectivity index (χ0n) is 10.4. The lowest BCUT2D eigenvalue weighted by molar-refractivity contribution is 0.0841. The molecule has 0 saturated heterocycles. The van der Waals surface area contributed by atoms with Crippen LogP contribution in [-0.2, 0) is 4.65 Å². The van der Waals surface area contributed by atoms with Gasteiger partial charge >= 0.3 is 7.48 Å². The van der Waals surface area contributed by atoms with Gasteiger partial charge in [0.15, 0.2) is 0 Å². The van der Waals surface area contributed by atoms with Crippen LogP contribution in [0.2, 0.25) is 0 Å². The molecule has 0 bridgehead atoms. The van der Waals surface area contributed by atoms with Crippen molar-refractivity contribution in [1.82, 2.24) is 4.98 Å². The summed E-state index contributed by atoms with van der Waals surface area (Å²) in [5.74, 6) is 0.536. The highest BCUT2D eigenvalue weighted by molar-refractivity contribution is 7.19. The van der Waals surface area contributed by atoms with Crippen LogP contribution in [0.15, 0.2) is 18.3 Å². The second-order valence-corrected chi connectivity index (χ2v) is 6.56. The Kier molecular flexibility index (Phi) is 3.98.